The molecule has 2 heterocycles. The lowest BCUT2D eigenvalue weighted by atomic mass is 9.99. The molecule has 33 heavy (non-hydrogen) atoms. The second kappa shape index (κ2) is 7.93. The third-order valence-electron chi connectivity index (χ3n) is 6.77. The summed E-state index contributed by atoms with van der Waals surface area (Å²) < 4.78 is 26.4. The number of benzene rings is 2. The number of hydrogen-bond donors (Lipinski definition) is 3. The van der Waals surface area contributed by atoms with Crippen molar-refractivity contribution in [3.63, 3.8) is 0 Å². The number of alkyl halides is 2. The summed E-state index contributed by atoms with van der Waals surface area (Å²) in [5.41, 5.74) is 4.79. The van der Waals surface area contributed by atoms with E-state index in [-0.39, 0.29) is 5.71 Å². The van der Waals surface area contributed by atoms with Gasteiger partial charge in [-0.15, -0.1) is 0 Å². The number of nitrogens with one attached hydrogen (secondary N) is 3. The summed E-state index contributed by atoms with van der Waals surface area (Å²) in [4.78, 5) is 22.3. The highest BCUT2D eigenvalue weighted by Gasteiger charge is 2.61. The predicted molar refractivity (Wildman–Crippen MR) is 125 cm³/mol. The highest BCUT2D eigenvalue weighted by atomic mass is 19.3. The SMILES string of the molecule is Cc1ccc(NC(=O)C2CC2(F)F)cc1C(=N)c1nc2ccc(N3CCC(C)CC3)cc2[nH]1. The van der Waals surface area contributed by atoms with E-state index in [4.69, 9.17) is 5.41 Å². The molecule has 0 bridgehead atoms. The molecular weight excluding hydrogens is 424 g/mol. The van der Waals surface area contributed by atoms with Crippen molar-refractivity contribution in [2.24, 2.45) is 11.8 Å². The van der Waals surface area contributed by atoms with Crippen LogP contribution in [0.3, 0.4) is 0 Å². The number of carbonyl (C=O) groups is 1. The van der Waals surface area contributed by atoms with Crippen molar-refractivity contribution in [2.45, 2.75) is 39.0 Å². The zero-order valence-electron chi connectivity index (χ0n) is 18.7. The number of piperidine rings is 1. The van der Waals surface area contributed by atoms with Crippen molar-refractivity contribution in [3.05, 3.63) is 53.3 Å². The van der Waals surface area contributed by atoms with Gasteiger partial charge in [-0.1, -0.05) is 13.0 Å². The van der Waals surface area contributed by atoms with Crippen molar-refractivity contribution < 1.29 is 13.6 Å². The van der Waals surface area contributed by atoms with Gasteiger partial charge in [0, 0.05) is 36.4 Å². The van der Waals surface area contributed by atoms with Gasteiger partial charge in [-0.2, -0.15) is 0 Å². The Balaban J connectivity index is 1.37. The van der Waals surface area contributed by atoms with E-state index in [9.17, 15) is 13.6 Å². The highest BCUT2D eigenvalue weighted by Crippen LogP contribution is 2.49. The van der Waals surface area contributed by atoms with Gasteiger partial charge in [0.1, 0.15) is 11.6 Å². The molecule has 0 radical (unpaired) electrons. The minimum Gasteiger partial charge on any atom is -0.371 e. The molecule has 3 N–H and O–H groups in total. The van der Waals surface area contributed by atoms with Crippen molar-refractivity contribution in [3.8, 4) is 0 Å². The van der Waals surface area contributed by atoms with Crippen molar-refractivity contribution >= 4 is 34.0 Å². The minimum absolute atomic E-state index is 0.185. The first-order chi connectivity index (χ1) is 15.7. The number of hydrogen-bond acceptors (Lipinski definition) is 4. The number of carbonyl (C=O) groups excluding carboxylic acids is 1. The Hall–Kier alpha value is -3.29. The topological polar surface area (TPSA) is 84.9 Å². The Bertz CT molecular complexity index is 1240. The summed E-state index contributed by atoms with van der Waals surface area (Å²) in [6.45, 7) is 6.22. The van der Waals surface area contributed by atoms with Gasteiger partial charge >= 0.3 is 0 Å². The lowest BCUT2D eigenvalue weighted by molar-refractivity contribution is -0.119. The first-order valence-electron chi connectivity index (χ1n) is 11.3. The highest BCUT2D eigenvalue weighted by molar-refractivity contribution is 6.11. The van der Waals surface area contributed by atoms with Crippen LogP contribution in [-0.4, -0.2) is 40.6 Å². The second-order valence-corrected chi connectivity index (χ2v) is 9.37. The molecule has 1 saturated carbocycles. The molecular formula is C25H27F2N5O. The molecule has 6 nitrogen and oxygen atoms in total. The maximum Gasteiger partial charge on any atom is 0.260 e. The summed E-state index contributed by atoms with van der Waals surface area (Å²) in [6, 6.07) is 11.2. The smallest absolute Gasteiger partial charge is 0.260 e. The summed E-state index contributed by atoms with van der Waals surface area (Å²) in [6.07, 6.45) is 1.95. The number of halogens is 2. The minimum atomic E-state index is -2.91. The van der Waals surface area contributed by atoms with Crippen LogP contribution in [0.4, 0.5) is 20.2 Å². The Labute approximate surface area is 190 Å². The maximum absolute atomic E-state index is 13.2. The Morgan fingerprint density at radius 3 is 2.64 bits per heavy atom. The number of fused-ring (bicyclic) bond motifs is 1. The fourth-order valence-corrected chi connectivity index (χ4v) is 4.40. The number of rotatable bonds is 5. The summed E-state index contributed by atoms with van der Waals surface area (Å²) in [5, 5.41) is 11.3. The van der Waals surface area contributed by atoms with Crippen LogP contribution in [0, 0.1) is 24.2 Å². The Morgan fingerprint density at radius 1 is 1.21 bits per heavy atom. The summed E-state index contributed by atoms with van der Waals surface area (Å²) in [5.74, 6) is -3.69. The molecule has 1 aromatic heterocycles. The van der Waals surface area contributed by atoms with Gasteiger partial charge in [0.15, 0.2) is 5.82 Å². The summed E-state index contributed by atoms with van der Waals surface area (Å²) in [7, 11) is 0. The Kier molecular flexibility index (Phi) is 5.18. The number of aromatic nitrogens is 2. The third kappa shape index (κ3) is 4.21. The average Bonchev–Trinajstić information content (AvgIpc) is 3.24. The van der Waals surface area contributed by atoms with Gasteiger partial charge in [0.05, 0.1) is 11.0 Å². The van der Waals surface area contributed by atoms with Crippen LogP contribution in [0.2, 0.25) is 0 Å². The fraction of sp³-hybridized carbons (Fsp3) is 0.400. The van der Waals surface area contributed by atoms with Crippen LogP contribution < -0.4 is 10.2 Å². The largest absolute Gasteiger partial charge is 0.371 e. The molecule has 1 atom stereocenters. The molecule has 5 rings (SSSR count). The van der Waals surface area contributed by atoms with Crippen LogP contribution in [0.25, 0.3) is 11.0 Å². The van der Waals surface area contributed by atoms with E-state index in [1.807, 2.05) is 13.0 Å². The van der Waals surface area contributed by atoms with Crippen molar-refractivity contribution in [1.82, 2.24) is 9.97 Å². The van der Waals surface area contributed by atoms with Crippen LogP contribution in [0.15, 0.2) is 36.4 Å². The lowest BCUT2D eigenvalue weighted by Crippen LogP contribution is -2.32. The van der Waals surface area contributed by atoms with Gasteiger partial charge in [-0.05, 0) is 61.6 Å². The number of aryl methyl sites for hydroxylation is 1. The summed E-state index contributed by atoms with van der Waals surface area (Å²) >= 11 is 0. The number of aromatic amines is 1. The van der Waals surface area contributed by atoms with Crippen molar-refractivity contribution in [2.75, 3.05) is 23.3 Å². The number of nitrogens with zero attached hydrogens (tertiary/aromatic N) is 2. The zero-order chi connectivity index (χ0) is 23.3. The standard InChI is InChI=1S/C25H27F2N5O/c1-14-7-9-32(10-8-14)17-5-6-20-21(12-17)31-23(30-20)22(28)18-11-16(4-3-15(18)2)29-24(33)19-13-25(19,26)27/h3-6,11-12,14,19,28H,7-10,13H2,1-2H3,(H,29,33)(H,30,31). The third-order valence-corrected chi connectivity index (χ3v) is 6.77. The van der Waals surface area contributed by atoms with E-state index >= 15 is 0 Å². The van der Waals surface area contributed by atoms with Gasteiger partial charge in [-0.3, -0.25) is 10.2 Å². The zero-order valence-corrected chi connectivity index (χ0v) is 18.7. The molecule has 1 amide bonds. The molecule has 1 aliphatic heterocycles. The molecule has 1 aliphatic carbocycles. The van der Waals surface area contributed by atoms with E-state index in [0.29, 0.717) is 17.1 Å². The van der Waals surface area contributed by atoms with Crippen LogP contribution in [-0.2, 0) is 4.79 Å². The predicted octanol–water partition coefficient (Wildman–Crippen LogP) is 5.12. The van der Waals surface area contributed by atoms with Gasteiger partial charge in [-0.25, -0.2) is 13.8 Å². The van der Waals surface area contributed by atoms with Crippen LogP contribution in [0.5, 0.6) is 0 Å². The van der Waals surface area contributed by atoms with Crippen LogP contribution >= 0.6 is 0 Å². The average molecular weight is 452 g/mol. The molecule has 0 spiro atoms. The van der Waals surface area contributed by atoms with Crippen molar-refractivity contribution in [1.29, 1.82) is 5.41 Å². The van der Waals surface area contributed by atoms with E-state index in [2.05, 4.69) is 39.2 Å². The number of amides is 1. The molecule has 2 aromatic carbocycles. The second-order valence-electron chi connectivity index (χ2n) is 9.37. The van der Waals surface area contributed by atoms with E-state index in [1.165, 1.54) is 12.8 Å². The first kappa shape index (κ1) is 21.6. The number of anilines is 2. The molecule has 2 fully saturated rings. The van der Waals surface area contributed by atoms with Crippen LogP contribution in [0.1, 0.15) is 43.1 Å². The Morgan fingerprint density at radius 2 is 1.94 bits per heavy atom. The molecule has 1 saturated heterocycles. The van der Waals surface area contributed by atoms with E-state index in [1.54, 1.807) is 18.2 Å². The normalized spacial score (nSPS) is 20.1. The maximum atomic E-state index is 13.2. The quantitative estimate of drug-likeness (QED) is 0.471. The molecule has 2 aliphatic rings. The van der Waals surface area contributed by atoms with Gasteiger partial charge in [0.25, 0.3) is 5.92 Å². The monoisotopic (exact) mass is 451 g/mol. The fourth-order valence-electron chi connectivity index (χ4n) is 4.40. The van der Waals surface area contributed by atoms with E-state index in [0.717, 1.165) is 41.3 Å². The molecule has 172 valence electrons. The number of H-pyrrole nitrogens is 1. The van der Waals surface area contributed by atoms with Gasteiger partial charge < -0.3 is 15.2 Å². The number of imidazole rings is 1. The lowest BCUT2D eigenvalue weighted by Gasteiger charge is -2.32. The molecule has 3 aromatic rings. The first-order valence-corrected chi connectivity index (χ1v) is 11.3. The van der Waals surface area contributed by atoms with E-state index < -0.39 is 24.2 Å². The van der Waals surface area contributed by atoms with Gasteiger partial charge in [0.2, 0.25) is 5.91 Å². The molecule has 8 heteroatoms. The molecule has 1 unspecified atom stereocenters.